The minimum absolute atomic E-state index is 0.0197. The number of hydrogen-bond acceptors (Lipinski definition) is 6. The Hall–Kier alpha value is -3.48. The van der Waals surface area contributed by atoms with Crippen LogP contribution in [-0.4, -0.2) is 31.0 Å². The van der Waals surface area contributed by atoms with E-state index in [-0.39, 0.29) is 5.56 Å². The second-order valence-corrected chi connectivity index (χ2v) is 7.92. The first-order chi connectivity index (χ1) is 15.0. The zero-order valence-corrected chi connectivity index (χ0v) is 17.2. The van der Waals surface area contributed by atoms with Crippen LogP contribution in [-0.2, 0) is 0 Å². The number of aromatic nitrogens is 4. The molecule has 0 radical (unpaired) electrons. The van der Waals surface area contributed by atoms with Crippen molar-refractivity contribution in [2.45, 2.75) is 25.0 Å². The van der Waals surface area contributed by atoms with E-state index < -0.39 is 29.7 Å². The Morgan fingerprint density at radius 3 is 2.61 bits per heavy atom. The lowest BCUT2D eigenvalue weighted by Crippen LogP contribution is -2.31. The molecule has 0 spiro atoms. The Balaban J connectivity index is 1.66. The SMILES string of the molecule is CC(c1nc(-c2ccc(C#N)cc2)cs1)C(O)C(c1cc(F)ccc1F)n1cncn1. The molecule has 1 N–H and O–H groups in total. The highest BCUT2D eigenvalue weighted by Gasteiger charge is 2.33. The third kappa shape index (κ3) is 4.21. The Bertz CT molecular complexity index is 1220. The van der Waals surface area contributed by atoms with E-state index in [4.69, 9.17) is 5.26 Å². The van der Waals surface area contributed by atoms with Gasteiger partial charge in [0.05, 0.1) is 28.4 Å². The summed E-state index contributed by atoms with van der Waals surface area (Å²) in [5.41, 5.74) is 2.08. The van der Waals surface area contributed by atoms with Crippen molar-refractivity contribution >= 4 is 11.3 Å². The topological polar surface area (TPSA) is 87.6 Å². The summed E-state index contributed by atoms with van der Waals surface area (Å²) in [5.74, 6) is -1.77. The van der Waals surface area contributed by atoms with Gasteiger partial charge >= 0.3 is 0 Å². The molecule has 3 unspecified atom stereocenters. The van der Waals surface area contributed by atoms with Crippen molar-refractivity contribution in [1.29, 1.82) is 5.26 Å². The molecule has 0 saturated heterocycles. The van der Waals surface area contributed by atoms with Crippen molar-refractivity contribution in [3.05, 3.63) is 88.3 Å². The maximum absolute atomic E-state index is 14.5. The summed E-state index contributed by atoms with van der Waals surface area (Å²) >= 11 is 1.36. The van der Waals surface area contributed by atoms with Gasteiger partial charge in [0.2, 0.25) is 0 Å². The number of rotatable bonds is 6. The summed E-state index contributed by atoms with van der Waals surface area (Å²) in [5, 5.41) is 26.6. The fourth-order valence-electron chi connectivity index (χ4n) is 3.35. The van der Waals surface area contributed by atoms with Crippen LogP contribution in [0.25, 0.3) is 11.3 Å². The molecule has 2 heterocycles. The smallest absolute Gasteiger partial charge is 0.137 e. The average Bonchev–Trinajstić information content (AvgIpc) is 3.48. The number of halogens is 2. The average molecular weight is 437 g/mol. The summed E-state index contributed by atoms with van der Waals surface area (Å²) in [7, 11) is 0. The first kappa shape index (κ1) is 20.8. The summed E-state index contributed by atoms with van der Waals surface area (Å²) < 4.78 is 29.7. The van der Waals surface area contributed by atoms with Gasteiger partial charge in [0.25, 0.3) is 0 Å². The lowest BCUT2D eigenvalue weighted by molar-refractivity contribution is 0.0995. The highest BCUT2D eigenvalue weighted by atomic mass is 32.1. The van der Waals surface area contributed by atoms with Gasteiger partial charge in [-0.2, -0.15) is 10.4 Å². The quantitative estimate of drug-likeness (QED) is 0.486. The second-order valence-electron chi connectivity index (χ2n) is 7.03. The van der Waals surface area contributed by atoms with Crippen LogP contribution in [0, 0.1) is 23.0 Å². The first-order valence-corrected chi connectivity index (χ1v) is 10.3. The predicted octanol–water partition coefficient (Wildman–Crippen LogP) is 4.31. The molecular formula is C22H17F2N5OS. The van der Waals surface area contributed by atoms with Crippen molar-refractivity contribution in [3.8, 4) is 17.3 Å². The molecule has 2 aromatic heterocycles. The standard InChI is InChI=1S/C22H17F2N5OS/c1-13(22-28-19(10-31-22)15-4-2-14(9-25)3-5-15)21(30)20(29-12-26-11-27-29)17-8-16(23)6-7-18(17)24/h2-8,10-13,20-21,30H,1H3. The molecule has 0 aliphatic carbocycles. The van der Waals surface area contributed by atoms with Gasteiger partial charge in [0.1, 0.15) is 30.3 Å². The van der Waals surface area contributed by atoms with Crippen LogP contribution in [0.5, 0.6) is 0 Å². The molecule has 0 aliphatic heterocycles. The highest BCUT2D eigenvalue weighted by molar-refractivity contribution is 7.10. The van der Waals surface area contributed by atoms with Crippen LogP contribution < -0.4 is 0 Å². The molecule has 0 saturated carbocycles. The number of aliphatic hydroxyl groups excluding tert-OH is 1. The van der Waals surface area contributed by atoms with E-state index in [0.717, 1.165) is 23.8 Å². The molecular weight excluding hydrogens is 420 g/mol. The minimum atomic E-state index is -1.15. The predicted molar refractivity (Wildman–Crippen MR) is 111 cm³/mol. The van der Waals surface area contributed by atoms with Crippen LogP contribution in [0.3, 0.4) is 0 Å². The monoisotopic (exact) mass is 437 g/mol. The van der Waals surface area contributed by atoms with Crippen molar-refractivity contribution in [3.63, 3.8) is 0 Å². The molecule has 2 aromatic carbocycles. The summed E-state index contributed by atoms with van der Waals surface area (Å²) in [6.45, 7) is 1.77. The molecule has 3 atom stereocenters. The highest BCUT2D eigenvalue weighted by Crippen LogP contribution is 2.35. The molecule has 6 nitrogen and oxygen atoms in total. The van der Waals surface area contributed by atoms with Crippen LogP contribution in [0.4, 0.5) is 8.78 Å². The summed E-state index contributed by atoms with van der Waals surface area (Å²) in [6, 6.07) is 11.2. The molecule has 0 aliphatic rings. The molecule has 4 aromatic rings. The second kappa shape index (κ2) is 8.71. The van der Waals surface area contributed by atoms with Gasteiger partial charge in [0, 0.05) is 22.4 Å². The van der Waals surface area contributed by atoms with E-state index in [1.165, 1.54) is 28.7 Å². The van der Waals surface area contributed by atoms with E-state index in [9.17, 15) is 13.9 Å². The number of aliphatic hydroxyl groups is 1. The van der Waals surface area contributed by atoms with Crippen LogP contribution in [0.15, 0.2) is 60.5 Å². The summed E-state index contributed by atoms with van der Waals surface area (Å²) in [4.78, 5) is 8.50. The molecule has 0 amide bonds. The van der Waals surface area contributed by atoms with Crippen LogP contribution in [0.1, 0.15) is 35.0 Å². The first-order valence-electron chi connectivity index (χ1n) is 9.41. The van der Waals surface area contributed by atoms with Gasteiger partial charge in [-0.3, -0.25) is 0 Å². The van der Waals surface area contributed by atoms with E-state index in [2.05, 4.69) is 21.1 Å². The number of benzene rings is 2. The van der Waals surface area contributed by atoms with Crippen molar-refractivity contribution in [2.24, 2.45) is 0 Å². The normalized spacial score (nSPS) is 14.0. The van der Waals surface area contributed by atoms with Crippen molar-refractivity contribution in [2.75, 3.05) is 0 Å². The van der Waals surface area contributed by atoms with Gasteiger partial charge in [-0.15, -0.1) is 11.3 Å². The van der Waals surface area contributed by atoms with Gasteiger partial charge in [-0.1, -0.05) is 19.1 Å². The Morgan fingerprint density at radius 2 is 1.94 bits per heavy atom. The van der Waals surface area contributed by atoms with E-state index in [0.29, 0.717) is 16.3 Å². The molecule has 0 fully saturated rings. The lowest BCUT2D eigenvalue weighted by atomic mass is 9.92. The van der Waals surface area contributed by atoms with Gasteiger partial charge < -0.3 is 5.11 Å². The minimum Gasteiger partial charge on any atom is -0.390 e. The number of hydrogen-bond donors (Lipinski definition) is 1. The third-order valence-corrected chi connectivity index (χ3v) is 6.10. The summed E-state index contributed by atoms with van der Waals surface area (Å²) in [6.07, 6.45) is 1.47. The Morgan fingerprint density at radius 1 is 1.16 bits per heavy atom. The fraction of sp³-hybridized carbons (Fsp3) is 0.182. The number of nitrogens with zero attached hydrogens (tertiary/aromatic N) is 5. The van der Waals surface area contributed by atoms with Gasteiger partial charge in [-0.25, -0.2) is 23.4 Å². The van der Waals surface area contributed by atoms with E-state index >= 15 is 0 Å². The molecule has 156 valence electrons. The maximum atomic E-state index is 14.5. The van der Waals surface area contributed by atoms with Crippen LogP contribution >= 0.6 is 11.3 Å². The van der Waals surface area contributed by atoms with E-state index in [1.807, 2.05) is 5.38 Å². The van der Waals surface area contributed by atoms with Gasteiger partial charge in [-0.05, 0) is 30.3 Å². The Labute approximate surface area is 181 Å². The van der Waals surface area contributed by atoms with Crippen LogP contribution in [0.2, 0.25) is 0 Å². The number of nitriles is 1. The molecule has 0 bridgehead atoms. The van der Waals surface area contributed by atoms with Gasteiger partial charge in [0.15, 0.2) is 0 Å². The Kier molecular flexibility index (Phi) is 5.84. The lowest BCUT2D eigenvalue weighted by Gasteiger charge is -2.27. The zero-order valence-electron chi connectivity index (χ0n) is 16.4. The maximum Gasteiger partial charge on any atom is 0.137 e. The van der Waals surface area contributed by atoms with Crippen molar-refractivity contribution < 1.29 is 13.9 Å². The zero-order chi connectivity index (χ0) is 22.0. The third-order valence-electron chi connectivity index (χ3n) is 5.06. The number of thiazole rings is 1. The van der Waals surface area contributed by atoms with Crippen molar-refractivity contribution in [1.82, 2.24) is 19.7 Å². The largest absolute Gasteiger partial charge is 0.390 e. The van der Waals surface area contributed by atoms with E-state index in [1.54, 1.807) is 31.2 Å². The fourth-order valence-corrected chi connectivity index (χ4v) is 4.28. The molecule has 4 rings (SSSR count). The molecule has 9 heteroatoms. The molecule has 31 heavy (non-hydrogen) atoms.